The average molecular weight is 459 g/mol. The Hall–Kier alpha value is -3.22. The molecule has 1 aliphatic rings. The molecule has 0 radical (unpaired) electrons. The molecule has 1 aromatic heterocycles. The lowest BCUT2D eigenvalue weighted by atomic mass is 10.0. The number of aromatic nitrogens is 1. The van der Waals surface area contributed by atoms with Crippen LogP contribution in [0.1, 0.15) is 39.5 Å². The summed E-state index contributed by atoms with van der Waals surface area (Å²) >= 11 is 0. The molecule has 1 aliphatic heterocycles. The minimum Gasteiger partial charge on any atom is -0.352 e. The van der Waals surface area contributed by atoms with Crippen LogP contribution in [0.25, 0.3) is 0 Å². The van der Waals surface area contributed by atoms with Crippen molar-refractivity contribution in [3.8, 4) is 0 Å². The minimum atomic E-state index is -0.304. The van der Waals surface area contributed by atoms with Crippen LogP contribution in [0.3, 0.4) is 0 Å². The number of piperazine rings is 1. The molecule has 1 amide bonds. The van der Waals surface area contributed by atoms with Crippen molar-refractivity contribution in [1.82, 2.24) is 19.7 Å². The Bertz CT molecular complexity index is 1160. The van der Waals surface area contributed by atoms with E-state index in [4.69, 9.17) is 0 Å². The summed E-state index contributed by atoms with van der Waals surface area (Å²) in [5.74, 6) is -0.304. The molecule has 1 N–H and O–H groups in total. The van der Waals surface area contributed by atoms with Gasteiger partial charge >= 0.3 is 0 Å². The highest BCUT2D eigenvalue weighted by Gasteiger charge is 2.26. The lowest BCUT2D eigenvalue weighted by Gasteiger charge is -2.40. The van der Waals surface area contributed by atoms with Gasteiger partial charge in [-0.15, -0.1) is 0 Å². The standard InChI is InChI=1S/C28H34N4O2/c1-22-9-6-10-23(19-22)20-32-15-7-13-25(28(32)34)27(33)29-14-8-16-31-18-17-30(2)21-26(31)24-11-4-3-5-12-24/h3-7,9-13,15,19,26H,8,14,16-18,20-21H2,1-2H3,(H,29,33). The molecule has 1 atom stereocenters. The number of hydrogen-bond donors (Lipinski definition) is 1. The number of carbonyl (C=O) groups is 1. The summed E-state index contributed by atoms with van der Waals surface area (Å²) < 4.78 is 1.60. The van der Waals surface area contributed by atoms with Crippen LogP contribution < -0.4 is 10.9 Å². The van der Waals surface area contributed by atoms with Crippen molar-refractivity contribution in [3.63, 3.8) is 0 Å². The molecular weight excluding hydrogens is 424 g/mol. The molecule has 0 bridgehead atoms. The van der Waals surface area contributed by atoms with Gasteiger partial charge in [-0.25, -0.2) is 0 Å². The summed E-state index contributed by atoms with van der Waals surface area (Å²) in [5, 5.41) is 2.95. The molecule has 2 heterocycles. The highest BCUT2D eigenvalue weighted by molar-refractivity contribution is 5.93. The summed E-state index contributed by atoms with van der Waals surface area (Å²) in [7, 11) is 2.17. The van der Waals surface area contributed by atoms with E-state index in [1.54, 1.807) is 22.9 Å². The molecule has 2 aromatic carbocycles. The van der Waals surface area contributed by atoms with Gasteiger partial charge in [-0.3, -0.25) is 14.5 Å². The number of benzene rings is 2. The topological polar surface area (TPSA) is 57.6 Å². The summed E-state index contributed by atoms with van der Waals surface area (Å²) in [6, 6.07) is 22.4. The van der Waals surface area contributed by atoms with E-state index >= 15 is 0 Å². The van der Waals surface area contributed by atoms with Crippen LogP contribution in [0.2, 0.25) is 0 Å². The molecule has 6 heteroatoms. The smallest absolute Gasteiger partial charge is 0.263 e. The van der Waals surface area contributed by atoms with E-state index in [-0.39, 0.29) is 17.0 Å². The van der Waals surface area contributed by atoms with Crippen LogP contribution in [-0.2, 0) is 6.54 Å². The minimum absolute atomic E-state index is 0.192. The van der Waals surface area contributed by atoms with Gasteiger partial charge in [-0.1, -0.05) is 60.2 Å². The number of pyridine rings is 1. The van der Waals surface area contributed by atoms with E-state index in [0.29, 0.717) is 19.1 Å². The van der Waals surface area contributed by atoms with Crippen molar-refractivity contribution < 1.29 is 4.79 Å². The SMILES string of the molecule is Cc1cccc(Cn2cccc(C(=O)NCCCN3CCN(C)CC3c3ccccc3)c2=O)c1. The molecule has 1 saturated heterocycles. The summed E-state index contributed by atoms with van der Waals surface area (Å²) in [6.07, 6.45) is 2.57. The average Bonchev–Trinajstić information content (AvgIpc) is 2.84. The normalized spacial score (nSPS) is 16.9. The zero-order valence-corrected chi connectivity index (χ0v) is 20.1. The quantitative estimate of drug-likeness (QED) is 0.526. The Labute approximate surface area is 201 Å². The number of aryl methyl sites for hydroxylation is 1. The maximum atomic E-state index is 12.9. The van der Waals surface area contributed by atoms with E-state index in [1.165, 1.54) is 5.56 Å². The molecule has 34 heavy (non-hydrogen) atoms. The Balaban J connectivity index is 1.33. The molecule has 6 nitrogen and oxygen atoms in total. The molecule has 1 fully saturated rings. The Kier molecular flexibility index (Phi) is 7.93. The Morgan fingerprint density at radius 3 is 2.65 bits per heavy atom. The fourth-order valence-electron chi connectivity index (χ4n) is 4.64. The van der Waals surface area contributed by atoms with Gasteiger partial charge in [0.1, 0.15) is 5.56 Å². The Morgan fingerprint density at radius 1 is 1.03 bits per heavy atom. The van der Waals surface area contributed by atoms with Gasteiger partial charge in [-0.2, -0.15) is 0 Å². The van der Waals surface area contributed by atoms with Crippen molar-refractivity contribution in [2.45, 2.75) is 25.9 Å². The molecular formula is C28H34N4O2. The van der Waals surface area contributed by atoms with Gasteiger partial charge in [0.15, 0.2) is 0 Å². The lowest BCUT2D eigenvalue weighted by molar-refractivity contribution is 0.0865. The molecule has 4 rings (SSSR count). The molecule has 178 valence electrons. The highest BCUT2D eigenvalue weighted by atomic mass is 16.2. The van der Waals surface area contributed by atoms with E-state index in [1.807, 2.05) is 31.2 Å². The van der Waals surface area contributed by atoms with Crippen LogP contribution in [-0.4, -0.2) is 60.0 Å². The first-order valence-corrected chi connectivity index (χ1v) is 12.0. The van der Waals surface area contributed by atoms with Crippen molar-refractivity contribution >= 4 is 5.91 Å². The van der Waals surface area contributed by atoms with Gasteiger partial charge in [-0.05, 0) is 43.7 Å². The highest BCUT2D eigenvalue weighted by Crippen LogP contribution is 2.24. The molecule has 0 saturated carbocycles. The summed E-state index contributed by atoms with van der Waals surface area (Å²) in [4.78, 5) is 30.5. The second-order valence-electron chi connectivity index (χ2n) is 9.18. The number of nitrogens with zero attached hydrogens (tertiary/aromatic N) is 3. The van der Waals surface area contributed by atoms with Crippen LogP contribution in [0.4, 0.5) is 0 Å². The number of likely N-dealkylation sites (N-methyl/N-ethyl adjacent to an activating group) is 1. The third kappa shape index (κ3) is 6.01. The second-order valence-corrected chi connectivity index (χ2v) is 9.18. The van der Waals surface area contributed by atoms with Crippen LogP contribution in [0.5, 0.6) is 0 Å². The Morgan fingerprint density at radius 2 is 1.85 bits per heavy atom. The first kappa shape index (κ1) is 23.9. The third-order valence-electron chi connectivity index (χ3n) is 6.49. The third-order valence-corrected chi connectivity index (χ3v) is 6.49. The van der Waals surface area contributed by atoms with Gasteiger partial charge in [0.2, 0.25) is 0 Å². The molecule has 1 unspecified atom stereocenters. The zero-order chi connectivity index (χ0) is 23.9. The van der Waals surface area contributed by atoms with Gasteiger partial charge in [0, 0.05) is 45.0 Å². The number of carbonyl (C=O) groups excluding carboxylic acids is 1. The van der Waals surface area contributed by atoms with Crippen LogP contribution in [0, 0.1) is 6.92 Å². The van der Waals surface area contributed by atoms with E-state index in [2.05, 4.69) is 52.5 Å². The summed E-state index contributed by atoms with van der Waals surface area (Å²) in [6.45, 7) is 6.97. The maximum Gasteiger partial charge on any atom is 0.263 e. The molecule has 0 aliphatic carbocycles. The second kappa shape index (κ2) is 11.3. The maximum absolute atomic E-state index is 12.9. The van der Waals surface area contributed by atoms with Crippen molar-refractivity contribution in [3.05, 3.63) is 106 Å². The molecule has 0 spiro atoms. The fourth-order valence-corrected chi connectivity index (χ4v) is 4.64. The van der Waals surface area contributed by atoms with E-state index in [0.717, 1.165) is 43.7 Å². The first-order valence-electron chi connectivity index (χ1n) is 12.0. The van der Waals surface area contributed by atoms with E-state index < -0.39 is 0 Å². The van der Waals surface area contributed by atoms with Gasteiger partial charge in [0.25, 0.3) is 11.5 Å². The largest absolute Gasteiger partial charge is 0.352 e. The first-order chi connectivity index (χ1) is 16.5. The number of rotatable bonds is 8. The van der Waals surface area contributed by atoms with Crippen molar-refractivity contribution in [1.29, 1.82) is 0 Å². The number of hydrogen-bond acceptors (Lipinski definition) is 4. The predicted molar refractivity (Wildman–Crippen MR) is 136 cm³/mol. The predicted octanol–water partition coefficient (Wildman–Crippen LogP) is 3.31. The fraction of sp³-hybridized carbons (Fsp3) is 0.357. The van der Waals surface area contributed by atoms with Crippen LogP contribution in [0.15, 0.2) is 77.7 Å². The summed E-state index contributed by atoms with van der Waals surface area (Å²) in [5.41, 5.74) is 3.45. The number of nitrogens with one attached hydrogen (secondary N) is 1. The van der Waals surface area contributed by atoms with Crippen molar-refractivity contribution in [2.75, 3.05) is 39.8 Å². The van der Waals surface area contributed by atoms with Gasteiger partial charge in [0.05, 0.1) is 6.54 Å². The van der Waals surface area contributed by atoms with Crippen LogP contribution >= 0.6 is 0 Å². The lowest BCUT2D eigenvalue weighted by Crippen LogP contribution is -2.47. The van der Waals surface area contributed by atoms with Gasteiger partial charge < -0.3 is 14.8 Å². The monoisotopic (exact) mass is 458 g/mol. The number of amides is 1. The van der Waals surface area contributed by atoms with E-state index in [9.17, 15) is 9.59 Å². The zero-order valence-electron chi connectivity index (χ0n) is 20.1. The van der Waals surface area contributed by atoms with Crippen molar-refractivity contribution in [2.24, 2.45) is 0 Å². The molecule has 3 aromatic rings.